The average Bonchev–Trinajstić information content (AvgIpc) is 2.48. The minimum absolute atomic E-state index is 0. The van der Waals surface area contributed by atoms with Crippen LogP contribution in [0.2, 0.25) is 0 Å². The number of aliphatic imine (C=N–C) groups is 1. The largest absolute Gasteiger partial charge is 0.411 e. The predicted molar refractivity (Wildman–Crippen MR) is 96.2 cm³/mol. The summed E-state index contributed by atoms with van der Waals surface area (Å²) < 4.78 is 53.5. The summed E-state index contributed by atoms with van der Waals surface area (Å²) in [5, 5.41) is 5.95. The highest BCUT2D eigenvalue weighted by molar-refractivity contribution is 14.0. The van der Waals surface area contributed by atoms with Crippen molar-refractivity contribution in [3.8, 4) is 0 Å². The second kappa shape index (κ2) is 11.5. The van der Waals surface area contributed by atoms with E-state index in [9.17, 15) is 17.6 Å². The molecule has 1 aromatic rings. The zero-order valence-electron chi connectivity index (χ0n) is 13.5. The minimum atomic E-state index is -4.30. The van der Waals surface area contributed by atoms with Crippen LogP contribution in [0.3, 0.4) is 0 Å². The highest BCUT2D eigenvalue weighted by atomic mass is 127. The Bertz CT molecular complexity index is 524. The molecule has 9 heteroatoms. The molecule has 0 fully saturated rings. The zero-order valence-corrected chi connectivity index (χ0v) is 15.9. The van der Waals surface area contributed by atoms with E-state index in [0.717, 1.165) is 5.56 Å². The molecule has 0 aliphatic rings. The number of benzene rings is 1. The maximum atomic E-state index is 13.4. The number of ether oxygens (including phenoxy) is 1. The van der Waals surface area contributed by atoms with Crippen LogP contribution in [0.25, 0.3) is 0 Å². The van der Waals surface area contributed by atoms with Gasteiger partial charge in [-0.05, 0) is 30.5 Å². The molecule has 0 aromatic heterocycles. The fourth-order valence-corrected chi connectivity index (χ4v) is 1.72. The molecule has 4 nitrogen and oxygen atoms in total. The third kappa shape index (κ3) is 9.91. The van der Waals surface area contributed by atoms with Crippen molar-refractivity contribution in [1.29, 1.82) is 0 Å². The molecule has 0 saturated carbocycles. The Balaban J connectivity index is 0.00000529. The molecule has 0 atom stereocenters. The number of nitrogens with zero attached hydrogens (tertiary/aromatic N) is 1. The lowest BCUT2D eigenvalue weighted by Gasteiger charge is -2.12. The number of nitrogens with one attached hydrogen (secondary N) is 2. The first-order valence-corrected chi connectivity index (χ1v) is 7.16. The Labute approximate surface area is 156 Å². The first-order chi connectivity index (χ1) is 10.8. The monoisotopic (exact) mass is 463 g/mol. The minimum Gasteiger partial charge on any atom is -0.372 e. The lowest BCUT2D eigenvalue weighted by atomic mass is 10.1. The Morgan fingerprint density at radius 2 is 1.96 bits per heavy atom. The number of hydrogen-bond donors (Lipinski definition) is 2. The van der Waals surface area contributed by atoms with Crippen molar-refractivity contribution in [3.63, 3.8) is 0 Å². The maximum Gasteiger partial charge on any atom is 0.411 e. The second-order valence-corrected chi connectivity index (χ2v) is 4.96. The Hall–Kier alpha value is -1.10. The molecular formula is C15H22F4IN3O. The molecule has 0 amide bonds. The fourth-order valence-electron chi connectivity index (χ4n) is 1.72. The van der Waals surface area contributed by atoms with Crippen LogP contribution >= 0.6 is 24.0 Å². The van der Waals surface area contributed by atoms with Gasteiger partial charge in [-0.1, -0.05) is 12.1 Å². The van der Waals surface area contributed by atoms with Gasteiger partial charge in [0, 0.05) is 26.7 Å². The van der Waals surface area contributed by atoms with Crippen molar-refractivity contribution in [2.75, 3.05) is 26.8 Å². The molecule has 0 saturated heterocycles. The lowest BCUT2D eigenvalue weighted by molar-refractivity contribution is -0.173. The summed E-state index contributed by atoms with van der Waals surface area (Å²) in [5.41, 5.74) is 1.35. The van der Waals surface area contributed by atoms with Crippen LogP contribution in [-0.4, -0.2) is 38.9 Å². The van der Waals surface area contributed by atoms with Gasteiger partial charge in [-0.15, -0.1) is 24.0 Å². The normalized spacial score (nSPS) is 11.8. The van der Waals surface area contributed by atoms with Crippen LogP contribution < -0.4 is 10.6 Å². The molecule has 1 aromatic carbocycles. The van der Waals surface area contributed by atoms with Gasteiger partial charge >= 0.3 is 6.18 Å². The van der Waals surface area contributed by atoms with Crippen LogP contribution in [-0.2, 0) is 11.3 Å². The average molecular weight is 463 g/mol. The molecule has 0 radical (unpaired) electrons. The Morgan fingerprint density at radius 1 is 1.25 bits per heavy atom. The number of hydrogen-bond acceptors (Lipinski definition) is 2. The number of guanidine groups is 1. The van der Waals surface area contributed by atoms with E-state index in [1.54, 1.807) is 20.0 Å². The molecule has 24 heavy (non-hydrogen) atoms. The van der Waals surface area contributed by atoms with Crippen molar-refractivity contribution in [2.45, 2.75) is 26.1 Å². The number of rotatable bonds is 7. The third-order valence-corrected chi connectivity index (χ3v) is 2.94. The third-order valence-electron chi connectivity index (χ3n) is 2.94. The van der Waals surface area contributed by atoms with Gasteiger partial charge < -0.3 is 15.4 Å². The van der Waals surface area contributed by atoms with Gasteiger partial charge in [0.2, 0.25) is 0 Å². The van der Waals surface area contributed by atoms with Gasteiger partial charge in [-0.25, -0.2) is 4.39 Å². The summed E-state index contributed by atoms with van der Waals surface area (Å²) in [6.07, 6.45) is -3.88. The summed E-state index contributed by atoms with van der Waals surface area (Å²) in [6.45, 7) is 1.26. The highest BCUT2D eigenvalue weighted by Gasteiger charge is 2.27. The zero-order chi connectivity index (χ0) is 17.3. The van der Waals surface area contributed by atoms with Crippen LogP contribution in [0, 0.1) is 12.7 Å². The smallest absolute Gasteiger partial charge is 0.372 e. The quantitative estimate of drug-likeness (QED) is 0.214. The van der Waals surface area contributed by atoms with Crippen LogP contribution in [0.15, 0.2) is 23.2 Å². The van der Waals surface area contributed by atoms with Crippen LogP contribution in [0.1, 0.15) is 17.5 Å². The van der Waals surface area contributed by atoms with E-state index in [2.05, 4.69) is 20.4 Å². The molecule has 0 spiro atoms. The molecule has 1 rings (SSSR count). The summed E-state index contributed by atoms with van der Waals surface area (Å²) in [5.74, 6) is 0.218. The molecule has 0 aliphatic carbocycles. The van der Waals surface area contributed by atoms with Crippen molar-refractivity contribution < 1.29 is 22.3 Å². The van der Waals surface area contributed by atoms with Gasteiger partial charge in [0.05, 0.1) is 0 Å². The van der Waals surface area contributed by atoms with E-state index in [1.807, 2.05) is 6.07 Å². The molecule has 0 unspecified atom stereocenters. The second-order valence-electron chi connectivity index (χ2n) is 4.96. The molecular weight excluding hydrogens is 441 g/mol. The Kier molecular flexibility index (Phi) is 10.9. The molecule has 0 aliphatic heterocycles. The summed E-state index contributed by atoms with van der Waals surface area (Å²) in [4.78, 5) is 3.98. The van der Waals surface area contributed by atoms with E-state index in [1.165, 1.54) is 6.07 Å². The first-order valence-electron chi connectivity index (χ1n) is 7.16. The van der Waals surface area contributed by atoms with Gasteiger partial charge in [0.15, 0.2) is 5.96 Å². The van der Waals surface area contributed by atoms with Crippen LogP contribution in [0.4, 0.5) is 17.6 Å². The fraction of sp³-hybridized carbons (Fsp3) is 0.533. The highest BCUT2D eigenvalue weighted by Crippen LogP contribution is 2.14. The van der Waals surface area contributed by atoms with Gasteiger partial charge in [0.1, 0.15) is 12.4 Å². The van der Waals surface area contributed by atoms with Gasteiger partial charge in [-0.3, -0.25) is 4.99 Å². The van der Waals surface area contributed by atoms with E-state index in [4.69, 9.17) is 0 Å². The van der Waals surface area contributed by atoms with Crippen molar-refractivity contribution in [1.82, 2.24) is 10.6 Å². The Morgan fingerprint density at radius 3 is 2.54 bits per heavy atom. The molecule has 0 heterocycles. The number of halogens is 5. The van der Waals surface area contributed by atoms with E-state index in [0.29, 0.717) is 31.0 Å². The maximum absolute atomic E-state index is 13.4. The standard InChI is InChI=1S/C15H21F4N3O.HI/c1-11-4-5-12(8-13(11)16)9-22-14(20-2)21-6-3-7-23-10-15(17,18)19;/h4-5,8H,3,6-7,9-10H2,1-2H3,(H2,20,21,22);1H. The van der Waals surface area contributed by atoms with E-state index >= 15 is 0 Å². The SMILES string of the molecule is CN=C(NCCCOCC(F)(F)F)NCc1ccc(C)c(F)c1.I. The summed E-state index contributed by atoms with van der Waals surface area (Å²) >= 11 is 0. The van der Waals surface area contributed by atoms with Crippen molar-refractivity contribution in [2.24, 2.45) is 4.99 Å². The predicted octanol–water partition coefficient (Wildman–Crippen LogP) is 3.39. The lowest BCUT2D eigenvalue weighted by Crippen LogP contribution is -2.37. The first kappa shape index (κ1) is 22.9. The summed E-state index contributed by atoms with van der Waals surface area (Å²) in [6, 6.07) is 4.95. The van der Waals surface area contributed by atoms with Crippen molar-refractivity contribution in [3.05, 3.63) is 35.1 Å². The summed E-state index contributed by atoms with van der Waals surface area (Å²) in [7, 11) is 1.57. The topological polar surface area (TPSA) is 45.7 Å². The molecule has 138 valence electrons. The van der Waals surface area contributed by atoms with E-state index in [-0.39, 0.29) is 36.4 Å². The number of aryl methyl sites for hydroxylation is 1. The molecule has 2 N–H and O–H groups in total. The molecule has 0 bridgehead atoms. The van der Waals surface area contributed by atoms with Crippen LogP contribution in [0.5, 0.6) is 0 Å². The number of alkyl halides is 3. The van der Waals surface area contributed by atoms with Crippen molar-refractivity contribution >= 4 is 29.9 Å². The van der Waals surface area contributed by atoms with Gasteiger partial charge in [-0.2, -0.15) is 13.2 Å². The van der Waals surface area contributed by atoms with E-state index < -0.39 is 12.8 Å². The van der Waals surface area contributed by atoms with Gasteiger partial charge in [0.25, 0.3) is 0 Å².